The lowest BCUT2D eigenvalue weighted by atomic mass is 9.81. The number of carbonyl (C=O) groups is 2. The first-order chi connectivity index (χ1) is 11.6. The molecule has 0 radical (unpaired) electrons. The summed E-state index contributed by atoms with van der Waals surface area (Å²) in [5, 5.41) is 11.2. The van der Waals surface area contributed by atoms with Gasteiger partial charge in [0.25, 0.3) is 5.91 Å². The number of aromatic nitrogens is 2. The van der Waals surface area contributed by atoms with Crippen LogP contribution in [0.1, 0.15) is 49.5 Å². The molecule has 6 heteroatoms. The monoisotopic (exact) mass is 326 g/mol. The fraction of sp³-hybridized carbons (Fsp3) is 0.500. The summed E-state index contributed by atoms with van der Waals surface area (Å²) >= 11 is 0. The normalized spacial score (nSPS) is 27.5. The molecule has 3 heterocycles. The Morgan fingerprint density at radius 2 is 2.17 bits per heavy atom. The Balaban J connectivity index is 1.69. The highest BCUT2D eigenvalue weighted by Crippen LogP contribution is 2.34. The molecule has 0 unspecified atom stereocenters. The maximum absolute atomic E-state index is 13.2. The minimum atomic E-state index is -0.340. The summed E-state index contributed by atoms with van der Waals surface area (Å²) in [6.45, 7) is 2.79. The van der Waals surface area contributed by atoms with Crippen molar-refractivity contribution in [3.05, 3.63) is 30.0 Å². The first-order valence-corrected chi connectivity index (χ1v) is 8.63. The topological polar surface area (TPSA) is 78.1 Å². The molecule has 24 heavy (non-hydrogen) atoms. The van der Waals surface area contributed by atoms with Crippen LogP contribution in [0.25, 0.3) is 10.9 Å². The SMILES string of the molecule is C[C@]12CCCN(C(=O)c3n[nH]c4ccccc34)[C@H]1CCCC(=O)N2. The van der Waals surface area contributed by atoms with Crippen molar-refractivity contribution in [1.82, 2.24) is 20.4 Å². The van der Waals surface area contributed by atoms with Gasteiger partial charge in [0, 0.05) is 18.4 Å². The van der Waals surface area contributed by atoms with Crippen LogP contribution in [0, 0.1) is 0 Å². The molecule has 2 saturated heterocycles. The van der Waals surface area contributed by atoms with Crippen LogP contribution in [-0.2, 0) is 4.79 Å². The second-order valence-electron chi connectivity index (χ2n) is 7.09. The molecule has 0 bridgehead atoms. The smallest absolute Gasteiger partial charge is 0.275 e. The van der Waals surface area contributed by atoms with Crippen molar-refractivity contribution >= 4 is 22.7 Å². The van der Waals surface area contributed by atoms with Crippen molar-refractivity contribution in [2.45, 2.75) is 50.6 Å². The van der Waals surface area contributed by atoms with Gasteiger partial charge in [-0.2, -0.15) is 5.10 Å². The Bertz CT molecular complexity index is 799. The predicted molar refractivity (Wildman–Crippen MR) is 90.6 cm³/mol. The minimum absolute atomic E-state index is 0.0284. The van der Waals surface area contributed by atoms with E-state index in [1.165, 1.54) is 0 Å². The average Bonchev–Trinajstić information content (AvgIpc) is 2.92. The Morgan fingerprint density at radius 3 is 3.04 bits per heavy atom. The number of rotatable bonds is 1. The number of hydrogen-bond acceptors (Lipinski definition) is 3. The van der Waals surface area contributed by atoms with Crippen molar-refractivity contribution < 1.29 is 9.59 Å². The second kappa shape index (κ2) is 5.61. The molecule has 0 aliphatic carbocycles. The molecule has 1 aromatic carbocycles. The van der Waals surface area contributed by atoms with Crippen LogP contribution >= 0.6 is 0 Å². The minimum Gasteiger partial charge on any atom is -0.349 e. The summed E-state index contributed by atoms with van der Waals surface area (Å²) in [5.41, 5.74) is 1.01. The summed E-state index contributed by atoms with van der Waals surface area (Å²) < 4.78 is 0. The van der Waals surface area contributed by atoms with E-state index >= 15 is 0 Å². The fourth-order valence-electron chi connectivity index (χ4n) is 4.25. The maximum atomic E-state index is 13.2. The van der Waals surface area contributed by atoms with Crippen LogP contribution in [0.5, 0.6) is 0 Å². The molecule has 4 rings (SSSR count). The van der Waals surface area contributed by atoms with E-state index in [0.29, 0.717) is 12.1 Å². The number of fused-ring (bicyclic) bond motifs is 2. The van der Waals surface area contributed by atoms with E-state index in [0.717, 1.165) is 43.1 Å². The molecular weight excluding hydrogens is 304 g/mol. The van der Waals surface area contributed by atoms with Crippen molar-refractivity contribution in [2.75, 3.05) is 6.54 Å². The van der Waals surface area contributed by atoms with Crippen LogP contribution in [0.15, 0.2) is 24.3 Å². The summed E-state index contributed by atoms with van der Waals surface area (Å²) in [7, 11) is 0. The van der Waals surface area contributed by atoms with Gasteiger partial charge in [-0.25, -0.2) is 0 Å². The number of aromatic amines is 1. The predicted octanol–water partition coefficient (Wildman–Crippen LogP) is 2.23. The van der Waals surface area contributed by atoms with Gasteiger partial charge in [0.15, 0.2) is 5.69 Å². The lowest BCUT2D eigenvalue weighted by Gasteiger charge is -2.47. The Hall–Kier alpha value is -2.37. The molecule has 126 valence electrons. The van der Waals surface area contributed by atoms with Gasteiger partial charge in [-0.1, -0.05) is 18.2 Å². The van der Waals surface area contributed by atoms with Crippen LogP contribution in [0.2, 0.25) is 0 Å². The molecular formula is C18H22N4O2. The molecule has 2 fully saturated rings. The summed E-state index contributed by atoms with van der Waals surface area (Å²) in [4.78, 5) is 27.1. The number of para-hydroxylation sites is 1. The molecule has 6 nitrogen and oxygen atoms in total. The molecule has 2 amide bonds. The van der Waals surface area contributed by atoms with Crippen LogP contribution in [0.3, 0.4) is 0 Å². The third-order valence-corrected chi connectivity index (χ3v) is 5.45. The van der Waals surface area contributed by atoms with Crippen LogP contribution in [-0.4, -0.2) is 45.0 Å². The zero-order chi connectivity index (χ0) is 16.7. The number of benzene rings is 1. The number of hydrogen-bond donors (Lipinski definition) is 2. The van der Waals surface area contributed by atoms with Crippen LogP contribution in [0.4, 0.5) is 0 Å². The highest BCUT2D eigenvalue weighted by Gasteiger charge is 2.45. The molecule has 0 spiro atoms. The van der Waals surface area contributed by atoms with E-state index in [4.69, 9.17) is 0 Å². The number of piperidine rings is 1. The zero-order valence-electron chi connectivity index (χ0n) is 13.8. The van der Waals surface area contributed by atoms with Crippen molar-refractivity contribution in [3.8, 4) is 0 Å². The largest absolute Gasteiger partial charge is 0.349 e. The zero-order valence-corrected chi connectivity index (χ0v) is 13.8. The number of nitrogens with one attached hydrogen (secondary N) is 2. The van der Waals surface area contributed by atoms with Gasteiger partial charge in [-0.15, -0.1) is 0 Å². The van der Waals surface area contributed by atoms with Crippen molar-refractivity contribution in [2.24, 2.45) is 0 Å². The second-order valence-corrected chi connectivity index (χ2v) is 7.09. The fourth-order valence-corrected chi connectivity index (χ4v) is 4.25. The summed E-state index contributed by atoms with van der Waals surface area (Å²) in [5.74, 6) is 0.0547. The number of nitrogens with zero attached hydrogens (tertiary/aromatic N) is 2. The van der Waals surface area contributed by atoms with Crippen molar-refractivity contribution in [1.29, 1.82) is 0 Å². The number of amides is 2. The van der Waals surface area contributed by atoms with Gasteiger partial charge < -0.3 is 10.2 Å². The highest BCUT2D eigenvalue weighted by molar-refractivity contribution is 6.04. The van der Waals surface area contributed by atoms with E-state index in [9.17, 15) is 9.59 Å². The molecule has 2 aliphatic heterocycles. The third kappa shape index (κ3) is 2.37. The number of likely N-dealkylation sites (tertiary alicyclic amines) is 1. The van der Waals surface area contributed by atoms with Gasteiger partial charge >= 0.3 is 0 Å². The van der Waals surface area contributed by atoms with Gasteiger partial charge in [0.2, 0.25) is 5.91 Å². The Morgan fingerprint density at radius 1 is 1.33 bits per heavy atom. The molecule has 2 aromatic rings. The summed E-state index contributed by atoms with van der Waals surface area (Å²) in [6, 6.07) is 7.71. The van der Waals surface area contributed by atoms with Gasteiger partial charge in [0.05, 0.1) is 17.1 Å². The molecule has 2 aliphatic rings. The summed E-state index contributed by atoms with van der Waals surface area (Å²) in [6.07, 6.45) is 4.01. The number of carbonyl (C=O) groups excluding carboxylic acids is 2. The Kier molecular flexibility index (Phi) is 3.55. The van der Waals surface area contributed by atoms with Gasteiger partial charge in [-0.3, -0.25) is 14.7 Å². The maximum Gasteiger partial charge on any atom is 0.275 e. The third-order valence-electron chi connectivity index (χ3n) is 5.45. The standard InChI is InChI=1S/C18H22N4O2/c1-18-10-5-11-22(14(18)8-4-9-15(23)19-18)17(24)16-12-6-2-3-7-13(12)20-21-16/h2-3,6-7,14H,4-5,8-11H2,1H3,(H,19,23)(H,20,21)/t14-,18-/m0/s1. The first kappa shape index (κ1) is 15.2. The molecule has 0 saturated carbocycles. The molecule has 1 aromatic heterocycles. The van der Waals surface area contributed by atoms with E-state index in [1.54, 1.807) is 0 Å². The van der Waals surface area contributed by atoms with Gasteiger partial charge in [-0.05, 0) is 38.7 Å². The quantitative estimate of drug-likeness (QED) is 0.843. The molecule has 2 atom stereocenters. The number of H-pyrrole nitrogens is 1. The van der Waals surface area contributed by atoms with E-state index in [1.807, 2.05) is 29.2 Å². The van der Waals surface area contributed by atoms with E-state index in [-0.39, 0.29) is 23.4 Å². The lowest BCUT2D eigenvalue weighted by Crippen LogP contribution is -2.63. The van der Waals surface area contributed by atoms with Crippen molar-refractivity contribution in [3.63, 3.8) is 0 Å². The van der Waals surface area contributed by atoms with E-state index < -0.39 is 0 Å². The molecule has 2 N–H and O–H groups in total. The van der Waals surface area contributed by atoms with Gasteiger partial charge in [0.1, 0.15) is 0 Å². The van der Waals surface area contributed by atoms with Crippen LogP contribution < -0.4 is 5.32 Å². The lowest BCUT2D eigenvalue weighted by molar-refractivity contribution is -0.123. The average molecular weight is 326 g/mol. The highest BCUT2D eigenvalue weighted by atomic mass is 16.2. The Labute approximate surface area is 140 Å². The first-order valence-electron chi connectivity index (χ1n) is 8.63. The van der Waals surface area contributed by atoms with E-state index in [2.05, 4.69) is 22.4 Å².